The van der Waals surface area contributed by atoms with Crippen LogP contribution >= 0.6 is 11.6 Å². The Morgan fingerprint density at radius 3 is 2.74 bits per heavy atom. The third-order valence-corrected chi connectivity index (χ3v) is 3.59. The number of ether oxygens (including phenoxy) is 1. The molecule has 5 nitrogen and oxygen atoms in total. The maximum absolute atomic E-state index is 13.7. The maximum Gasteiger partial charge on any atom is 0.333 e. The van der Waals surface area contributed by atoms with E-state index < -0.39 is 17.1 Å². The quantitative estimate of drug-likeness (QED) is 0.912. The standard InChI is InChI=1S/C12H10ClFN2O3/c1-19-10-8(13)6(14)4-16-9(10)7(5-2-3-5)11(17)15-12(16)18/h4-5H,2-3H2,1H3,(H,15,17,18). The third kappa shape index (κ3) is 1.74. The maximum atomic E-state index is 13.7. The smallest absolute Gasteiger partial charge is 0.333 e. The number of aromatic nitrogens is 2. The van der Waals surface area contributed by atoms with Gasteiger partial charge in [-0.15, -0.1) is 0 Å². The summed E-state index contributed by atoms with van der Waals surface area (Å²) >= 11 is 5.85. The van der Waals surface area contributed by atoms with Crippen molar-refractivity contribution in [1.82, 2.24) is 9.38 Å². The van der Waals surface area contributed by atoms with Gasteiger partial charge in [0.25, 0.3) is 5.56 Å². The van der Waals surface area contributed by atoms with Gasteiger partial charge in [-0.05, 0) is 18.8 Å². The van der Waals surface area contributed by atoms with Crippen LogP contribution < -0.4 is 16.0 Å². The van der Waals surface area contributed by atoms with Crippen molar-refractivity contribution in [2.24, 2.45) is 0 Å². The number of hydrogen-bond donors (Lipinski definition) is 1. The Hall–Kier alpha value is -1.82. The summed E-state index contributed by atoms with van der Waals surface area (Å²) in [7, 11) is 1.32. The van der Waals surface area contributed by atoms with Crippen LogP contribution in [-0.4, -0.2) is 16.5 Å². The minimum absolute atomic E-state index is 0.0202. The predicted octanol–water partition coefficient (Wildman–Crippen LogP) is 1.67. The van der Waals surface area contributed by atoms with E-state index in [-0.39, 0.29) is 22.2 Å². The summed E-state index contributed by atoms with van der Waals surface area (Å²) in [4.78, 5) is 25.9. The van der Waals surface area contributed by atoms with Crippen molar-refractivity contribution >= 4 is 17.1 Å². The Bertz CT molecular complexity index is 792. The lowest BCUT2D eigenvalue weighted by Crippen LogP contribution is -2.29. The summed E-state index contributed by atoms with van der Waals surface area (Å²) in [6, 6.07) is 0. The number of halogens is 2. The molecule has 0 radical (unpaired) electrons. The van der Waals surface area contributed by atoms with Crippen LogP contribution in [0.2, 0.25) is 5.02 Å². The average molecular weight is 285 g/mol. The lowest BCUT2D eigenvalue weighted by Gasteiger charge is -2.12. The van der Waals surface area contributed by atoms with Crippen LogP contribution in [0, 0.1) is 5.82 Å². The summed E-state index contributed by atoms with van der Waals surface area (Å²) in [5, 5.41) is -0.227. The van der Waals surface area contributed by atoms with Crippen LogP contribution in [0.25, 0.3) is 5.52 Å². The van der Waals surface area contributed by atoms with E-state index in [4.69, 9.17) is 16.3 Å². The fraction of sp³-hybridized carbons (Fsp3) is 0.333. The molecule has 0 bridgehead atoms. The van der Waals surface area contributed by atoms with Crippen molar-refractivity contribution in [3.05, 3.63) is 43.4 Å². The molecule has 7 heteroatoms. The van der Waals surface area contributed by atoms with Gasteiger partial charge in [-0.3, -0.25) is 14.2 Å². The fourth-order valence-corrected chi connectivity index (χ4v) is 2.45. The van der Waals surface area contributed by atoms with Crippen molar-refractivity contribution < 1.29 is 9.13 Å². The molecule has 1 N–H and O–H groups in total. The van der Waals surface area contributed by atoms with Gasteiger partial charge in [-0.2, -0.15) is 0 Å². The van der Waals surface area contributed by atoms with E-state index in [0.29, 0.717) is 5.56 Å². The molecule has 0 spiro atoms. The summed E-state index contributed by atoms with van der Waals surface area (Å²) in [6.45, 7) is 0. The van der Waals surface area contributed by atoms with E-state index >= 15 is 0 Å². The largest absolute Gasteiger partial charge is 0.493 e. The van der Waals surface area contributed by atoms with E-state index in [1.807, 2.05) is 0 Å². The summed E-state index contributed by atoms with van der Waals surface area (Å²) < 4.78 is 19.8. The van der Waals surface area contributed by atoms with Crippen LogP contribution in [0.3, 0.4) is 0 Å². The van der Waals surface area contributed by atoms with E-state index in [0.717, 1.165) is 23.4 Å². The van der Waals surface area contributed by atoms with Gasteiger partial charge in [0.05, 0.1) is 13.3 Å². The van der Waals surface area contributed by atoms with E-state index in [1.165, 1.54) is 7.11 Å². The van der Waals surface area contributed by atoms with Gasteiger partial charge in [0, 0.05) is 5.56 Å². The Labute approximate surface area is 111 Å². The molecule has 0 aliphatic heterocycles. The number of hydrogen-bond acceptors (Lipinski definition) is 3. The molecule has 0 aromatic carbocycles. The van der Waals surface area contributed by atoms with Crippen molar-refractivity contribution in [3.8, 4) is 5.75 Å². The molecule has 1 fully saturated rings. The highest BCUT2D eigenvalue weighted by Crippen LogP contribution is 2.43. The summed E-state index contributed by atoms with van der Waals surface area (Å²) in [6.07, 6.45) is 2.68. The molecule has 1 aliphatic carbocycles. The SMILES string of the molecule is COc1c(Cl)c(F)cn2c(=O)[nH]c(=O)c(C3CC3)c12. The lowest BCUT2D eigenvalue weighted by molar-refractivity contribution is 0.413. The van der Waals surface area contributed by atoms with E-state index in [2.05, 4.69) is 4.98 Å². The number of fused-ring (bicyclic) bond motifs is 1. The molecular weight excluding hydrogens is 275 g/mol. The summed E-state index contributed by atoms with van der Waals surface area (Å²) in [5.74, 6) is -0.691. The molecule has 100 valence electrons. The van der Waals surface area contributed by atoms with Crippen molar-refractivity contribution in [2.45, 2.75) is 18.8 Å². The number of nitrogens with zero attached hydrogens (tertiary/aromatic N) is 1. The number of aromatic amines is 1. The highest BCUT2D eigenvalue weighted by Gasteiger charge is 2.31. The first-order valence-electron chi connectivity index (χ1n) is 5.75. The first-order chi connectivity index (χ1) is 9.04. The third-order valence-electron chi connectivity index (χ3n) is 3.24. The first kappa shape index (κ1) is 12.2. The van der Waals surface area contributed by atoms with Crippen LogP contribution in [0.5, 0.6) is 5.75 Å². The number of methoxy groups -OCH3 is 1. The zero-order valence-corrected chi connectivity index (χ0v) is 10.8. The highest BCUT2D eigenvalue weighted by atomic mass is 35.5. The topological polar surface area (TPSA) is 63.6 Å². The van der Waals surface area contributed by atoms with Crippen LogP contribution in [0.15, 0.2) is 15.8 Å². The molecule has 0 atom stereocenters. The second kappa shape index (κ2) is 4.09. The van der Waals surface area contributed by atoms with Gasteiger partial charge in [0.1, 0.15) is 10.5 Å². The van der Waals surface area contributed by atoms with Crippen molar-refractivity contribution in [1.29, 1.82) is 0 Å². The van der Waals surface area contributed by atoms with E-state index in [9.17, 15) is 14.0 Å². The molecule has 0 unspecified atom stereocenters. The minimum Gasteiger partial charge on any atom is -0.493 e. The second-order valence-electron chi connectivity index (χ2n) is 4.49. The fourth-order valence-electron chi connectivity index (χ4n) is 2.24. The molecule has 3 rings (SSSR count). The summed E-state index contributed by atoms with van der Waals surface area (Å²) in [5.41, 5.74) is -0.491. The number of nitrogens with one attached hydrogen (secondary N) is 1. The highest BCUT2D eigenvalue weighted by molar-refractivity contribution is 6.32. The Balaban J connectivity index is 2.58. The van der Waals surface area contributed by atoms with Gasteiger partial charge in [-0.25, -0.2) is 9.18 Å². The zero-order valence-electron chi connectivity index (χ0n) is 10.00. The van der Waals surface area contributed by atoms with Crippen molar-refractivity contribution in [3.63, 3.8) is 0 Å². The molecule has 19 heavy (non-hydrogen) atoms. The van der Waals surface area contributed by atoms with Crippen molar-refractivity contribution in [2.75, 3.05) is 7.11 Å². The Morgan fingerprint density at radius 1 is 1.47 bits per heavy atom. The first-order valence-corrected chi connectivity index (χ1v) is 6.13. The molecule has 2 aromatic rings. The monoisotopic (exact) mass is 284 g/mol. The number of H-pyrrole nitrogens is 1. The zero-order chi connectivity index (χ0) is 13.7. The van der Waals surface area contributed by atoms with Gasteiger partial charge in [0.15, 0.2) is 11.6 Å². The van der Waals surface area contributed by atoms with Gasteiger partial charge < -0.3 is 4.74 Å². The molecule has 0 saturated heterocycles. The number of rotatable bonds is 2. The average Bonchev–Trinajstić information content (AvgIpc) is 3.17. The normalized spacial score (nSPS) is 14.9. The van der Waals surface area contributed by atoms with Gasteiger partial charge in [-0.1, -0.05) is 11.6 Å². The minimum atomic E-state index is -0.776. The Kier molecular flexibility index (Phi) is 2.63. The van der Waals surface area contributed by atoms with Crippen LogP contribution in [0.4, 0.5) is 4.39 Å². The van der Waals surface area contributed by atoms with Gasteiger partial charge >= 0.3 is 5.69 Å². The molecule has 2 aromatic heterocycles. The second-order valence-corrected chi connectivity index (χ2v) is 4.87. The van der Waals surface area contributed by atoms with Crippen LogP contribution in [0.1, 0.15) is 24.3 Å². The van der Waals surface area contributed by atoms with Crippen LogP contribution in [-0.2, 0) is 0 Å². The lowest BCUT2D eigenvalue weighted by atomic mass is 10.1. The molecule has 2 heterocycles. The van der Waals surface area contributed by atoms with E-state index in [1.54, 1.807) is 0 Å². The van der Waals surface area contributed by atoms with Gasteiger partial charge in [0.2, 0.25) is 0 Å². The Morgan fingerprint density at radius 2 is 2.16 bits per heavy atom. The molecular formula is C12H10ClFN2O3. The molecule has 1 saturated carbocycles. The molecule has 1 aliphatic rings. The molecule has 0 amide bonds. The number of pyridine rings is 1. The predicted molar refractivity (Wildman–Crippen MR) is 67.8 cm³/mol.